The smallest absolute Gasteiger partial charge is 0.0991 e. The molecule has 1 heterocycles. The van der Waals surface area contributed by atoms with Gasteiger partial charge in [0.05, 0.1) is 11.6 Å². The molecular formula is C18H17N3. The van der Waals surface area contributed by atoms with Crippen molar-refractivity contribution in [2.24, 2.45) is 0 Å². The zero-order valence-electron chi connectivity index (χ0n) is 12.0. The van der Waals surface area contributed by atoms with Crippen LogP contribution in [-0.2, 0) is 13.1 Å². The molecule has 0 fully saturated rings. The van der Waals surface area contributed by atoms with Gasteiger partial charge >= 0.3 is 0 Å². The Hall–Kier alpha value is -2.57. The van der Waals surface area contributed by atoms with Crippen LogP contribution < -0.4 is 5.32 Å². The molecule has 3 heteroatoms. The van der Waals surface area contributed by atoms with Gasteiger partial charge in [-0.1, -0.05) is 18.2 Å². The second-order valence-electron chi connectivity index (χ2n) is 5.18. The van der Waals surface area contributed by atoms with E-state index in [0.717, 1.165) is 18.7 Å². The Morgan fingerprint density at radius 2 is 2.00 bits per heavy atom. The summed E-state index contributed by atoms with van der Waals surface area (Å²) in [5.41, 5.74) is 4.36. The fraction of sp³-hybridized carbons (Fsp3) is 0.167. The normalized spacial score (nSPS) is 10.7. The van der Waals surface area contributed by atoms with Crippen LogP contribution in [0, 0.1) is 11.3 Å². The average Bonchev–Trinajstić information content (AvgIpc) is 2.90. The highest BCUT2D eigenvalue weighted by Gasteiger charge is 2.03. The SMILES string of the molecule is CNCc1ccc2c(ccn2Cc2cccc(C#N)c2)c1. The van der Waals surface area contributed by atoms with Crippen molar-refractivity contribution in [2.75, 3.05) is 7.05 Å². The number of fused-ring (bicyclic) bond motifs is 1. The van der Waals surface area contributed by atoms with Gasteiger partial charge in [-0.05, 0) is 53.9 Å². The van der Waals surface area contributed by atoms with Crippen molar-refractivity contribution in [3.63, 3.8) is 0 Å². The molecule has 0 aliphatic rings. The predicted octanol–water partition coefficient (Wildman–Crippen LogP) is 3.28. The van der Waals surface area contributed by atoms with Crippen LogP contribution >= 0.6 is 0 Å². The zero-order chi connectivity index (χ0) is 14.7. The Morgan fingerprint density at radius 3 is 2.81 bits per heavy atom. The summed E-state index contributed by atoms with van der Waals surface area (Å²) in [5.74, 6) is 0. The minimum absolute atomic E-state index is 0.709. The van der Waals surface area contributed by atoms with Gasteiger partial charge in [0.2, 0.25) is 0 Å². The van der Waals surface area contributed by atoms with E-state index in [-0.39, 0.29) is 0 Å². The number of hydrogen-bond acceptors (Lipinski definition) is 2. The minimum atomic E-state index is 0.709. The second kappa shape index (κ2) is 5.82. The number of nitrogens with one attached hydrogen (secondary N) is 1. The van der Waals surface area contributed by atoms with Crippen molar-refractivity contribution < 1.29 is 0 Å². The van der Waals surface area contributed by atoms with Crippen LogP contribution in [0.5, 0.6) is 0 Å². The maximum Gasteiger partial charge on any atom is 0.0991 e. The summed E-state index contributed by atoms with van der Waals surface area (Å²) in [7, 11) is 1.96. The van der Waals surface area contributed by atoms with Crippen LogP contribution in [0.2, 0.25) is 0 Å². The Bertz CT molecular complexity index is 809. The van der Waals surface area contributed by atoms with Crippen molar-refractivity contribution in [2.45, 2.75) is 13.1 Å². The number of nitrogens with zero attached hydrogens (tertiary/aromatic N) is 2. The highest BCUT2D eigenvalue weighted by atomic mass is 14.9. The maximum absolute atomic E-state index is 8.98. The summed E-state index contributed by atoms with van der Waals surface area (Å²) in [6, 6.07) is 18.6. The average molecular weight is 275 g/mol. The van der Waals surface area contributed by atoms with Crippen LogP contribution in [0.15, 0.2) is 54.7 Å². The standard InChI is InChI=1S/C18H17N3/c1-20-12-15-5-6-18-17(10-15)7-8-21(18)13-16-4-2-3-14(9-16)11-19/h2-10,20H,12-13H2,1H3. The van der Waals surface area contributed by atoms with E-state index in [1.165, 1.54) is 16.5 Å². The molecule has 0 amide bonds. The highest BCUT2D eigenvalue weighted by Crippen LogP contribution is 2.19. The molecule has 2 aromatic carbocycles. The van der Waals surface area contributed by atoms with E-state index in [2.05, 4.69) is 52.5 Å². The lowest BCUT2D eigenvalue weighted by Gasteiger charge is -2.07. The fourth-order valence-electron chi connectivity index (χ4n) is 2.64. The molecule has 3 rings (SSSR count). The van der Waals surface area contributed by atoms with Crippen molar-refractivity contribution in [1.29, 1.82) is 5.26 Å². The molecule has 1 aromatic heterocycles. The molecule has 3 aromatic rings. The first kappa shape index (κ1) is 13.4. The van der Waals surface area contributed by atoms with E-state index in [9.17, 15) is 0 Å². The van der Waals surface area contributed by atoms with Gasteiger partial charge in [-0.3, -0.25) is 0 Å². The zero-order valence-corrected chi connectivity index (χ0v) is 12.0. The maximum atomic E-state index is 8.98. The van der Waals surface area contributed by atoms with E-state index in [0.29, 0.717) is 5.56 Å². The molecule has 0 spiro atoms. The van der Waals surface area contributed by atoms with Crippen LogP contribution in [0.4, 0.5) is 0 Å². The summed E-state index contributed by atoms with van der Waals surface area (Å²) >= 11 is 0. The summed E-state index contributed by atoms with van der Waals surface area (Å²) in [6.07, 6.45) is 2.10. The molecule has 0 aliphatic carbocycles. The van der Waals surface area contributed by atoms with Crippen molar-refractivity contribution in [3.8, 4) is 6.07 Å². The Labute approximate surface area is 124 Å². The fourth-order valence-corrected chi connectivity index (χ4v) is 2.64. The van der Waals surface area contributed by atoms with Crippen molar-refractivity contribution in [3.05, 3.63) is 71.4 Å². The van der Waals surface area contributed by atoms with Crippen LogP contribution in [-0.4, -0.2) is 11.6 Å². The number of nitriles is 1. The molecule has 3 nitrogen and oxygen atoms in total. The molecule has 0 saturated carbocycles. The van der Waals surface area contributed by atoms with Crippen molar-refractivity contribution >= 4 is 10.9 Å². The lowest BCUT2D eigenvalue weighted by Crippen LogP contribution is -2.04. The third-order valence-corrected chi connectivity index (χ3v) is 3.63. The highest BCUT2D eigenvalue weighted by molar-refractivity contribution is 5.81. The topological polar surface area (TPSA) is 40.8 Å². The first-order chi connectivity index (χ1) is 10.3. The summed E-state index contributed by atoms with van der Waals surface area (Å²) < 4.78 is 2.22. The molecule has 0 aliphatic heterocycles. The van der Waals surface area contributed by atoms with Gasteiger partial charge in [-0.2, -0.15) is 5.26 Å². The summed E-state index contributed by atoms with van der Waals surface area (Å²) in [4.78, 5) is 0. The van der Waals surface area contributed by atoms with Crippen molar-refractivity contribution in [1.82, 2.24) is 9.88 Å². The largest absolute Gasteiger partial charge is 0.343 e. The van der Waals surface area contributed by atoms with Gasteiger partial charge in [0.1, 0.15) is 0 Å². The number of aromatic nitrogens is 1. The molecule has 0 unspecified atom stereocenters. The molecule has 104 valence electrons. The van der Waals surface area contributed by atoms with E-state index >= 15 is 0 Å². The lowest BCUT2D eigenvalue weighted by molar-refractivity contribution is 0.817. The van der Waals surface area contributed by atoms with Gasteiger partial charge in [-0.15, -0.1) is 0 Å². The third kappa shape index (κ3) is 2.81. The second-order valence-corrected chi connectivity index (χ2v) is 5.18. The quantitative estimate of drug-likeness (QED) is 0.794. The molecule has 0 saturated heterocycles. The molecule has 21 heavy (non-hydrogen) atoms. The van der Waals surface area contributed by atoms with E-state index in [1.54, 1.807) is 0 Å². The molecular weight excluding hydrogens is 258 g/mol. The van der Waals surface area contributed by atoms with Crippen LogP contribution in [0.25, 0.3) is 10.9 Å². The molecule has 0 bridgehead atoms. The molecule has 1 N–H and O–H groups in total. The molecule has 0 atom stereocenters. The summed E-state index contributed by atoms with van der Waals surface area (Å²) in [6.45, 7) is 1.66. The van der Waals surface area contributed by atoms with Gasteiger partial charge < -0.3 is 9.88 Å². The van der Waals surface area contributed by atoms with E-state index < -0.39 is 0 Å². The Morgan fingerprint density at radius 1 is 1.10 bits per heavy atom. The Balaban J connectivity index is 1.92. The lowest BCUT2D eigenvalue weighted by atomic mass is 10.1. The monoisotopic (exact) mass is 275 g/mol. The van der Waals surface area contributed by atoms with Gasteiger partial charge in [0.25, 0.3) is 0 Å². The minimum Gasteiger partial charge on any atom is -0.343 e. The first-order valence-corrected chi connectivity index (χ1v) is 7.01. The summed E-state index contributed by atoms with van der Waals surface area (Å²) in [5, 5.41) is 13.4. The van der Waals surface area contributed by atoms with Gasteiger partial charge in [0.15, 0.2) is 0 Å². The predicted molar refractivity (Wildman–Crippen MR) is 85.0 cm³/mol. The van der Waals surface area contributed by atoms with Crippen LogP contribution in [0.3, 0.4) is 0 Å². The van der Waals surface area contributed by atoms with Gasteiger partial charge in [0, 0.05) is 24.8 Å². The van der Waals surface area contributed by atoms with E-state index in [1.807, 2.05) is 25.2 Å². The third-order valence-electron chi connectivity index (χ3n) is 3.63. The van der Waals surface area contributed by atoms with E-state index in [4.69, 9.17) is 5.26 Å². The van der Waals surface area contributed by atoms with Crippen LogP contribution in [0.1, 0.15) is 16.7 Å². The van der Waals surface area contributed by atoms with Gasteiger partial charge in [-0.25, -0.2) is 0 Å². The number of benzene rings is 2. The number of rotatable bonds is 4. The Kier molecular flexibility index (Phi) is 3.72. The molecule has 0 radical (unpaired) electrons. The number of hydrogen-bond donors (Lipinski definition) is 1. The first-order valence-electron chi connectivity index (χ1n) is 7.01.